The summed E-state index contributed by atoms with van der Waals surface area (Å²) in [5.41, 5.74) is 5.63. The molecule has 0 radical (unpaired) electrons. The number of nitrogen functional groups attached to an aromatic ring is 1. The number of rotatable bonds is 4. The summed E-state index contributed by atoms with van der Waals surface area (Å²) in [6.07, 6.45) is 6.12. The van der Waals surface area contributed by atoms with Gasteiger partial charge in [-0.05, 0) is 6.92 Å². The fourth-order valence-corrected chi connectivity index (χ4v) is 1.50. The van der Waals surface area contributed by atoms with E-state index in [1.54, 1.807) is 17.1 Å². The second kappa shape index (κ2) is 4.91. The van der Waals surface area contributed by atoms with Gasteiger partial charge in [0.05, 0.1) is 12.4 Å². The summed E-state index contributed by atoms with van der Waals surface area (Å²) in [6.45, 7) is 2.72. The second-order valence-corrected chi connectivity index (χ2v) is 3.75. The third-order valence-electron chi connectivity index (χ3n) is 2.39. The molecule has 0 aromatic carbocycles. The summed E-state index contributed by atoms with van der Waals surface area (Å²) < 4.78 is 8.58. The lowest BCUT2D eigenvalue weighted by Crippen LogP contribution is -2.07. The Hall–Kier alpha value is -3.04. The monoisotopic (exact) mass is 273 g/mol. The molecule has 0 spiro atoms. The van der Waals surface area contributed by atoms with Crippen LogP contribution in [0.3, 0.4) is 0 Å². The summed E-state index contributed by atoms with van der Waals surface area (Å²) in [5, 5.41) is 8.01. The number of hydrogen-bond acceptors (Lipinski definition) is 8. The molecule has 0 unspecified atom stereocenters. The molecule has 3 heterocycles. The zero-order valence-corrected chi connectivity index (χ0v) is 10.6. The average Bonchev–Trinajstić information content (AvgIpc) is 3.09. The minimum Gasteiger partial charge on any atom is -0.421 e. The average molecular weight is 273 g/mol. The Morgan fingerprint density at radius 3 is 2.85 bits per heavy atom. The fourth-order valence-electron chi connectivity index (χ4n) is 1.50. The molecular formula is C10H11N9O. The highest BCUT2D eigenvalue weighted by atomic mass is 16.5. The number of hydrogen-bond donors (Lipinski definition) is 1. The van der Waals surface area contributed by atoms with Crippen molar-refractivity contribution < 1.29 is 4.74 Å². The van der Waals surface area contributed by atoms with Crippen molar-refractivity contribution in [2.24, 2.45) is 0 Å². The molecule has 2 N–H and O–H groups in total. The van der Waals surface area contributed by atoms with Gasteiger partial charge < -0.3 is 10.5 Å². The van der Waals surface area contributed by atoms with Crippen molar-refractivity contribution >= 4 is 5.95 Å². The van der Waals surface area contributed by atoms with Crippen LogP contribution in [-0.4, -0.2) is 39.5 Å². The molecule has 0 amide bonds. The van der Waals surface area contributed by atoms with Crippen molar-refractivity contribution in [1.29, 1.82) is 0 Å². The van der Waals surface area contributed by atoms with Gasteiger partial charge >= 0.3 is 6.01 Å². The Morgan fingerprint density at radius 1 is 1.25 bits per heavy atom. The van der Waals surface area contributed by atoms with Gasteiger partial charge in [-0.15, -0.1) is 0 Å². The van der Waals surface area contributed by atoms with E-state index in [9.17, 15) is 0 Å². The Morgan fingerprint density at radius 2 is 2.15 bits per heavy atom. The molecule has 102 valence electrons. The highest BCUT2D eigenvalue weighted by Gasteiger charge is 2.09. The van der Waals surface area contributed by atoms with Crippen LogP contribution in [0.25, 0.3) is 5.95 Å². The van der Waals surface area contributed by atoms with Gasteiger partial charge in [-0.2, -0.15) is 29.8 Å². The highest BCUT2D eigenvalue weighted by Crippen LogP contribution is 2.17. The molecule has 0 aliphatic rings. The molecule has 10 heteroatoms. The molecule has 0 saturated heterocycles. The molecule has 3 rings (SSSR count). The third-order valence-corrected chi connectivity index (χ3v) is 2.39. The minimum atomic E-state index is 0.0309. The number of aromatic nitrogens is 8. The highest BCUT2D eigenvalue weighted by molar-refractivity contribution is 5.26. The van der Waals surface area contributed by atoms with Crippen LogP contribution in [0.4, 0.5) is 5.95 Å². The third kappa shape index (κ3) is 2.39. The van der Waals surface area contributed by atoms with E-state index >= 15 is 0 Å². The van der Waals surface area contributed by atoms with Crippen LogP contribution in [0.5, 0.6) is 11.8 Å². The number of nitrogens with zero attached hydrogens (tertiary/aromatic N) is 8. The SMILES string of the molecule is CCn1cc(Oc2nc(N)nc(-n3cncn3)n2)cn1. The second-order valence-electron chi connectivity index (χ2n) is 3.75. The summed E-state index contributed by atoms with van der Waals surface area (Å²) in [5.74, 6) is 0.776. The van der Waals surface area contributed by atoms with E-state index in [4.69, 9.17) is 10.5 Å². The lowest BCUT2D eigenvalue weighted by molar-refractivity contribution is 0.437. The van der Waals surface area contributed by atoms with Crippen LogP contribution in [0.2, 0.25) is 0 Å². The van der Waals surface area contributed by atoms with Gasteiger partial charge in [-0.3, -0.25) is 4.68 Å². The van der Waals surface area contributed by atoms with E-state index in [0.29, 0.717) is 5.75 Å². The van der Waals surface area contributed by atoms with Crippen LogP contribution >= 0.6 is 0 Å². The van der Waals surface area contributed by atoms with E-state index in [2.05, 4.69) is 30.1 Å². The summed E-state index contributed by atoms with van der Waals surface area (Å²) in [6, 6.07) is 0.0682. The van der Waals surface area contributed by atoms with Crippen molar-refractivity contribution in [3.8, 4) is 17.7 Å². The van der Waals surface area contributed by atoms with Gasteiger partial charge in [0.25, 0.3) is 5.95 Å². The largest absolute Gasteiger partial charge is 0.421 e. The van der Waals surface area contributed by atoms with Crippen LogP contribution in [-0.2, 0) is 6.54 Å². The smallest absolute Gasteiger partial charge is 0.328 e. The van der Waals surface area contributed by atoms with Gasteiger partial charge in [0.2, 0.25) is 5.95 Å². The van der Waals surface area contributed by atoms with Crippen LogP contribution < -0.4 is 10.5 Å². The Labute approximate surface area is 113 Å². The van der Waals surface area contributed by atoms with Crippen LogP contribution in [0.15, 0.2) is 25.0 Å². The topological polar surface area (TPSA) is 122 Å². The van der Waals surface area contributed by atoms with Crippen molar-refractivity contribution in [3.63, 3.8) is 0 Å². The maximum Gasteiger partial charge on any atom is 0.328 e. The number of aryl methyl sites for hydroxylation is 1. The summed E-state index contributed by atoms with van der Waals surface area (Å²) >= 11 is 0. The van der Waals surface area contributed by atoms with Gasteiger partial charge in [0.15, 0.2) is 5.75 Å². The van der Waals surface area contributed by atoms with E-state index in [0.717, 1.165) is 6.54 Å². The van der Waals surface area contributed by atoms with Crippen molar-refractivity contribution in [2.45, 2.75) is 13.5 Å². The van der Waals surface area contributed by atoms with Crippen molar-refractivity contribution in [2.75, 3.05) is 5.73 Å². The fraction of sp³-hybridized carbons (Fsp3) is 0.200. The van der Waals surface area contributed by atoms with E-state index in [1.807, 2.05) is 6.92 Å². The first-order chi connectivity index (χ1) is 9.74. The molecule has 0 aliphatic heterocycles. The van der Waals surface area contributed by atoms with E-state index in [1.165, 1.54) is 17.3 Å². The first-order valence-electron chi connectivity index (χ1n) is 5.81. The number of anilines is 1. The van der Waals surface area contributed by atoms with Crippen LogP contribution in [0.1, 0.15) is 6.92 Å². The zero-order chi connectivity index (χ0) is 13.9. The summed E-state index contributed by atoms with van der Waals surface area (Å²) in [4.78, 5) is 15.8. The molecule has 3 aromatic rings. The quantitative estimate of drug-likeness (QED) is 0.707. The van der Waals surface area contributed by atoms with Gasteiger partial charge in [0.1, 0.15) is 12.7 Å². The van der Waals surface area contributed by atoms with Crippen molar-refractivity contribution in [1.82, 2.24) is 39.5 Å². The van der Waals surface area contributed by atoms with E-state index in [-0.39, 0.29) is 17.9 Å². The predicted octanol–water partition coefficient (Wildman–Crippen LogP) is 0.0432. The minimum absolute atomic E-state index is 0.0309. The normalized spacial score (nSPS) is 10.7. The number of nitrogens with two attached hydrogens (primary N) is 1. The van der Waals surface area contributed by atoms with Gasteiger partial charge in [0, 0.05) is 6.54 Å². The Kier molecular flexibility index (Phi) is 2.95. The predicted molar refractivity (Wildman–Crippen MR) is 67.1 cm³/mol. The lowest BCUT2D eigenvalue weighted by Gasteiger charge is -2.03. The molecule has 0 atom stereocenters. The van der Waals surface area contributed by atoms with Crippen LogP contribution in [0, 0.1) is 0 Å². The molecule has 10 nitrogen and oxygen atoms in total. The molecule has 0 saturated carbocycles. The van der Waals surface area contributed by atoms with E-state index < -0.39 is 0 Å². The molecule has 0 fully saturated rings. The molecular weight excluding hydrogens is 262 g/mol. The molecule has 3 aromatic heterocycles. The molecule has 20 heavy (non-hydrogen) atoms. The lowest BCUT2D eigenvalue weighted by atomic mass is 10.6. The first-order valence-corrected chi connectivity index (χ1v) is 5.81. The zero-order valence-electron chi connectivity index (χ0n) is 10.6. The van der Waals surface area contributed by atoms with Crippen molar-refractivity contribution in [3.05, 3.63) is 25.0 Å². The van der Waals surface area contributed by atoms with Gasteiger partial charge in [-0.1, -0.05) is 0 Å². The molecule has 0 aliphatic carbocycles. The standard InChI is InChI=1S/C10H11N9O/c1-2-18-4-7(3-13-18)20-10-16-8(11)15-9(17-10)19-6-12-5-14-19/h3-6H,2H2,1H3,(H2,11,15,16,17). The van der Waals surface area contributed by atoms with Gasteiger partial charge in [-0.25, -0.2) is 4.98 Å². The number of ether oxygens (including phenoxy) is 1. The Bertz CT molecular complexity index is 705. The Balaban J connectivity index is 1.90. The molecule has 0 bridgehead atoms. The maximum atomic E-state index is 5.63. The maximum absolute atomic E-state index is 5.63. The first kappa shape index (κ1) is 12.0. The summed E-state index contributed by atoms with van der Waals surface area (Å²) in [7, 11) is 0.